The highest BCUT2D eigenvalue weighted by atomic mass is 19.1. The summed E-state index contributed by atoms with van der Waals surface area (Å²) in [5.74, 6) is -0.278. The zero-order chi connectivity index (χ0) is 6.69. The lowest BCUT2D eigenvalue weighted by atomic mass is 10.1. The van der Waals surface area contributed by atoms with E-state index in [1.54, 1.807) is 6.21 Å². The summed E-state index contributed by atoms with van der Waals surface area (Å²) in [6, 6.07) is 0. The molecule has 1 N–H and O–H groups in total. The first kappa shape index (κ1) is 6.42. The molecular weight excluding hydrogens is 121 g/mol. The summed E-state index contributed by atoms with van der Waals surface area (Å²) in [5.41, 5.74) is 0.463. The molecule has 0 fully saturated rings. The van der Waals surface area contributed by atoms with Gasteiger partial charge in [-0.3, -0.25) is 4.99 Å². The third kappa shape index (κ3) is 1.36. The second-order valence-electron chi connectivity index (χ2n) is 1.89. The fraction of sp³-hybridized carbons (Fsp3) is 0.500. The number of hydrogen-bond donors (Lipinski definition) is 1. The minimum atomic E-state index is -0.278. The van der Waals surface area contributed by atoms with Crippen LogP contribution < -0.4 is 0 Å². The Morgan fingerprint density at radius 1 is 1.78 bits per heavy atom. The van der Waals surface area contributed by atoms with Gasteiger partial charge in [-0.15, -0.1) is 0 Å². The van der Waals surface area contributed by atoms with Crippen LogP contribution in [-0.4, -0.2) is 24.5 Å². The van der Waals surface area contributed by atoms with Crippen LogP contribution in [0.2, 0.25) is 0 Å². The molecule has 1 heterocycles. The number of aliphatic imine (C=N–C) groups is 1. The standard InChI is InChI=1S/C6H8FNO/c7-6-3-8-2-1-5(6)4-9/h2,9H,1,3-4H2. The molecule has 0 aromatic heterocycles. The Labute approximate surface area is 52.7 Å². The van der Waals surface area contributed by atoms with Crippen molar-refractivity contribution in [1.82, 2.24) is 0 Å². The van der Waals surface area contributed by atoms with Gasteiger partial charge in [-0.05, 0) is 5.57 Å². The Hall–Kier alpha value is -0.700. The molecule has 3 heteroatoms. The van der Waals surface area contributed by atoms with E-state index < -0.39 is 0 Å². The van der Waals surface area contributed by atoms with E-state index in [2.05, 4.69) is 4.99 Å². The minimum Gasteiger partial charge on any atom is -0.392 e. The lowest BCUT2D eigenvalue weighted by Crippen LogP contribution is -2.02. The largest absolute Gasteiger partial charge is 0.392 e. The number of nitrogens with zero attached hydrogens (tertiary/aromatic N) is 1. The van der Waals surface area contributed by atoms with Crippen molar-refractivity contribution < 1.29 is 9.50 Å². The number of aliphatic hydroxyl groups excluding tert-OH is 1. The van der Waals surface area contributed by atoms with Crippen LogP contribution in [-0.2, 0) is 0 Å². The van der Waals surface area contributed by atoms with Crippen LogP contribution >= 0.6 is 0 Å². The predicted octanol–water partition coefficient (Wildman–Crippen LogP) is 0.677. The first-order valence-electron chi connectivity index (χ1n) is 2.80. The second kappa shape index (κ2) is 2.73. The van der Waals surface area contributed by atoms with Crippen molar-refractivity contribution in [3.05, 3.63) is 11.4 Å². The van der Waals surface area contributed by atoms with Crippen LogP contribution in [0, 0.1) is 0 Å². The van der Waals surface area contributed by atoms with Crippen molar-refractivity contribution in [1.29, 1.82) is 0 Å². The van der Waals surface area contributed by atoms with Crippen molar-refractivity contribution in [2.75, 3.05) is 13.2 Å². The lowest BCUT2D eigenvalue weighted by Gasteiger charge is -2.05. The second-order valence-corrected chi connectivity index (χ2v) is 1.89. The van der Waals surface area contributed by atoms with E-state index in [0.29, 0.717) is 12.0 Å². The summed E-state index contributed by atoms with van der Waals surface area (Å²) >= 11 is 0. The van der Waals surface area contributed by atoms with Crippen LogP contribution in [0.5, 0.6) is 0 Å². The van der Waals surface area contributed by atoms with Gasteiger partial charge in [-0.1, -0.05) is 0 Å². The van der Waals surface area contributed by atoms with E-state index in [1.807, 2.05) is 0 Å². The summed E-state index contributed by atoms with van der Waals surface area (Å²) in [5, 5.41) is 8.50. The summed E-state index contributed by atoms with van der Waals surface area (Å²) in [6.07, 6.45) is 2.08. The quantitative estimate of drug-likeness (QED) is 0.554. The number of dihydropyridines is 1. The Morgan fingerprint density at radius 3 is 3.00 bits per heavy atom. The zero-order valence-electron chi connectivity index (χ0n) is 4.97. The molecule has 0 saturated heterocycles. The van der Waals surface area contributed by atoms with Crippen molar-refractivity contribution in [2.45, 2.75) is 6.42 Å². The third-order valence-electron chi connectivity index (χ3n) is 1.27. The first-order chi connectivity index (χ1) is 4.34. The number of aliphatic hydroxyl groups is 1. The molecule has 1 rings (SSSR count). The molecule has 0 radical (unpaired) electrons. The molecule has 0 saturated carbocycles. The molecule has 0 unspecified atom stereocenters. The van der Waals surface area contributed by atoms with Gasteiger partial charge in [0.2, 0.25) is 0 Å². The molecule has 0 bridgehead atoms. The summed E-state index contributed by atoms with van der Waals surface area (Å²) < 4.78 is 12.5. The van der Waals surface area contributed by atoms with Crippen LogP contribution in [0.15, 0.2) is 16.4 Å². The molecule has 0 aromatic rings. The number of rotatable bonds is 1. The third-order valence-corrected chi connectivity index (χ3v) is 1.27. The SMILES string of the molecule is OCC1=C(F)CN=CC1. The normalized spacial score (nSPS) is 18.9. The number of halogens is 1. The molecule has 0 atom stereocenters. The monoisotopic (exact) mass is 129 g/mol. The van der Waals surface area contributed by atoms with E-state index in [-0.39, 0.29) is 19.0 Å². The van der Waals surface area contributed by atoms with Crippen LogP contribution in [0.3, 0.4) is 0 Å². The van der Waals surface area contributed by atoms with Gasteiger partial charge >= 0.3 is 0 Å². The molecule has 50 valence electrons. The molecule has 1 aliphatic rings. The molecule has 2 nitrogen and oxygen atoms in total. The molecule has 0 aliphatic carbocycles. The van der Waals surface area contributed by atoms with Crippen LogP contribution in [0.1, 0.15) is 6.42 Å². The van der Waals surface area contributed by atoms with Gasteiger partial charge < -0.3 is 5.11 Å². The molecular formula is C6H8FNO. The Bertz CT molecular complexity index is 162. The predicted molar refractivity (Wildman–Crippen MR) is 33.2 cm³/mol. The van der Waals surface area contributed by atoms with E-state index in [1.165, 1.54) is 0 Å². The maximum Gasteiger partial charge on any atom is 0.123 e. The average Bonchev–Trinajstić information content (AvgIpc) is 1.89. The molecule has 0 amide bonds. The first-order valence-corrected chi connectivity index (χ1v) is 2.80. The van der Waals surface area contributed by atoms with Crippen molar-refractivity contribution in [3.8, 4) is 0 Å². The fourth-order valence-electron chi connectivity index (χ4n) is 0.692. The van der Waals surface area contributed by atoms with Crippen LogP contribution in [0.4, 0.5) is 4.39 Å². The van der Waals surface area contributed by atoms with E-state index in [4.69, 9.17) is 5.11 Å². The average molecular weight is 129 g/mol. The molecule has 9 heavy (non-hydrogen) atoms. The van der Waals surface area contributed by atoms with E-state index in [9.17, 15) is 4.39 Å². The van der Waals surface area contributed by atoms with Gasteiger partial charge in [0.1, 0.15) is 5.83 Å². The molecule has 0 spiro atoms. The van der Waals surface area contributed by atoms with Gasteiger partial charge in [0.05, 0.1) is 13.2 Å². The highest BCUT2D eigenvalue weighted by Gasteiger charge is 2.06. The highest BCUT2D eigenvalue weighted by molar-refractivity contribution is 5.63. The molecule has 0 aromatic carbocycles. The lowest BCUT2D eigenvalue weighted by molar-refractivity contribution is 0.323. The van der Waals surface area contributed by atoms with Crippen molar-refractivity contribution in [2.24, 2.45) is 4.99 Å². The zero-order valence-corrected chi connectivity index (χ0v) is 4.97. The Morgan fingerprint density at radius 2 is 2.56 bits per heavy atom. The fourth-order valence-corrected chi connectivity index (χ4v) is 0.692. The summed E-state index contributed by atoms with van der Waals surface area (Å²) in [4.78, 5) is 3.69. The number of hydrogen-bond acceptors (Lipinski definition) is 2. The van der Waals surface area contributed by atoms with E-state index in [0.717, 1.165) is 0 Å². The molecule has 1 aliphatic heterocycles. The maximum absolute atomic E-state index is 12.5. The van der Waals surface area contributed by atoms with Gasteiger partial charge in [0, 0.05) is 12.6 Å². The van der Waals surface area contributed by atoms with Gasteiger partial charge in [0.25, 0.3) is 0 Å². The summed E-state index contributed by atoms with van der Waals surface area (Å²) in [7, 11) is 0. The Kier molecular flexibility index (Phi) is 1.95. The van der Waals surface area contributed by atoms with Crippen LogP contribution in [0.25, 0.3) is 0 Å². The van der Waals surface area contributed by atoms with Gasteiger partial charge in [-0.2, -0.15) is 0 Å². The van der Waals surface area contributed by atoms with Crippen molar-refractivity contribution >= 4 is 6.21 Å². The maximum atomic E-state index is 12.5. The van der Waals surface area contributed by atoms with Crippen molar-refractivity contribution in [3.63, 3.8) is 0 Å². The topological polar surface area (TPSA) is 32.6 Å². The minimum absolute atomic E-state index is 0.107. The summed E-state index contributed by atoms with van der Waals surface area (Å²) in [6.45, 7) is -0.0756. The smallest absolute Gasteiger partial charge is 0.123 e. The van der Waals surface area contributed by atoms with Gasteiger partial charge in [-0.25, -0.2) is 4.39 Å². The highest BCUT2D eigenvalue weighted by Crippen LogP contribution is 2.12. The Balaban J connectivity index is 2.64. The van der Waals surface area contributed by atoms with Gasteiger partial charge in [0.15, 0.2) is 0 Å². The van der Waals surface area contributed by atoms with E-state index >= 15 is 0 Å².